The van der Waals surface area contributed by atoms with Crippen molar-refractivity contribution in [2.24, 2.45) is 5.73 Å². The molecular formula is C13H22N4O. The predicted octanol–water partition coefficient (Wildman–Crippen LogP) is 0.0415. The van der Waals surface area contributed by atoms with Crippen molar-refractivity contribution in [3.63, 3.8) is 0 Å². The van der Waals surface area contributed by atoms with Gasteiger partial charge < -0.3 is 15.7 Å². The fourth-order valence-electron chi connectivity index (χ4n) is 2.19. The smallest absolute Gasteiger partial charge is 0.127 e. The highest BCUT2D eigenvalue weighted by Gasteiger charge is 2.24. The number of pyridine rings is 1. The Kier molecular flexibility index (Phi) is 4.16. The first kappa shape index (κ1) is 13.3. The second-order valence-corrected chi connectivity index (χ2v) is 5.17. The van der Waals surface area contributed by atoms with E-state index in [1.165, 1.54) is 5.56 Å². The van der Waals surface area contributed by atoms with E-state index in [-0.39, 0.29) is 6.04 Å². The van der Waals surface area contributed by atoms with Crippen LogP contribution in [0.4, 0.5) is 5.82 Å². The maximum atomic E-state index is 9.75. The van der Waals surface area contributed by atoms with Gasteiger partial charge >= 0.3 is 0 Å². The normalized spacial score (nSPS) is 25.1. The lowest BCUT2D eigenvalue weighted by atomic mass is 10.0. The highest BCUT2D eigenvalue weighted by atomic mass is 16.3. The summed E-state index contributed by atoms with van der Waals surface area (Å²) >= 11 is 0. The summed E-state index contributed by atoms with van der Waals surface area (Å²) in [5.41, 5.74) is 6.96. The number of hydrogen-bond acceptors (Lipinski definition) is 5. The molecule has 0 amide bonds. The molecule has 3 N–H and O–H groups in total. The number of likely N-dealkylation sites (tertiary alicyclic amines) is 1. The van der Waals surface area contributed by atoms with Gasteiger partial charge in [0.15, 0.2) is 0 Å². The van der Waals surface area contributed by atoms with E-state index in [2.05, 4.69) is 16.0 Å². The summed E-state index contributed by atoms with van der Waals surface area (Å²) in [6, 6.07) is 4.03. The molecule has 0 radical (unpaired) electrons. The van der Waals surface area contributed by atoms with Crippen LogP contribution in [0.5, 0.6) is 0 Å². The van der Waals surface area contributed by atoms with Crippen LogP contribution in [0.3, 0.4) is 0 Å². The number of rotatable bonds is 3. The molecule has 1 saturated heterocycles. The summed E-state index contributed by atoms with van der Waals surface area (Å²) in [6.07, 6.45) is 2.34. The number of nitrogens with two attached hydrogens (primary N) is 1. The van der Waals surface area contributed by atoms with Crippen LogP contribution in [0, 0.1) is 0 Å². The van der Waals surface area contributed by atoms with Gasteiger partial charge in [0, 0.05) is 46.0 Å². The minimum Gasteiger partial charge on any atom is -0.390 e. The minimum absolute atomic E-state index is 0.0736. The summed E-state index contributed by atoms with van der Waals surface area (Å²) in [6.45, 7) is 2.41. The van der Waals surface area contributed by atoms with Gasteiger partial charge in [-0.3, -0.25) is 4.90 Å². The lowest BCUT2D eigenvalue weighted by molar-refractivity contribution is 0.0499. The molecule has 0 saturated carbocycles. The zero-order valence-electron chi connectivity index (χ0n) is 11.1. The van der Waals surface area contributed by atoms with E-state index in [1.807, 2.05) is 31.3 Å². The fourth-order valence-corrected chi connectivity index (χ4v) is 2.19. The number of hydrogen-bond donors (Lipinski definition) is 2. The van der Waals surface area contributed by atoms with Crippen molar-refractivity contribution >= 4 is 5.82 Å². The van der Waals surface area contributed by atoms with Crippen molar-refractivity contribution < 1.29 is 5.11 Å². The van der Waals surface area contributed by atoms with Gasteiger partial charge in [0.05, 0.1) is 6.10 Å². The average Bonchev–Trinajstić information content (AvgIpc) is 2.34. The molecule has 2 heterocycles. The van der Waals surface area contributed by atoms with E-state index in [0.717, 1.165) is 25.3 Å². The van der Waals surface area contributed by atoms with Crippen molar-refractivity contribution in [1.29, 1.82) is 0 Å². The topological polar surface area (TPSA) is 65.6 Å². The zero-order valence-corrected chi connectivity index (χ0v) is 11.1. The highest BCUT2D eigenvalue weighted by Crippen LogP contribution is 2.14. The van der Waals surface area contributed by atoms with Crippen LogP contribution in [0.15, 0.2) is 18.3 Å². The number of piperidine rings is 1. The molecule has 2 rings (SSSR count). The Hall–Kier alpha value is -1.17. The van der Waals surface area contributed by atoms with Gasteiger partial charge in [-0.2, -0.15) is 0 Å². The summed E-state index contributed by atoms with van der Waals surface area (Å²) in [5, 5.41) is 9.75. The van der Waals surface area contributed by atoms with Crippen LogP contribution >= 0.6 is 0 Å². The van der Waals surface area contributed by atoms with Gasteiger partial charge in [0.1, 0.15) is 5.82 Å². The van der Waals surface area contributed by atoms with Gasteiger partial charge in [-0.05, 0) is 18.1 Å². The Morgan fingerprint density at radius 2 is 2.28 bits per heavy atom. The van der Waals surface area contributed by atoms with Gasteiger partial charge in [-0.1, -0.05) is 6.07 Å². The summed E-state index contributed by atoms with van der Waals surface area (Å²) in [5.74, 6) is 0.958. The molecule has 0 spiro atoms. The van der Waals surface area contributed by atoms with Crippen molar-refractivity contribution in [2.45, 2.75) is 25.1 Å². The molecule has 0 unspecified atom stereocenters. The van der Waals surface area contributed by atoms with Crippen molar-refractivity contribution in [3.8, 4) is 0 Å². The third kappa shape index (κ3) is 3.19. The van der Waals surface area contributed by atoms with Gasteiger partial charge in [0.25, 0.3) is 0 Å². The number of anilines is 1. The van der Waals surface area contributed by atoms with E-state index >= 15 is 0 Å². The molecule has 5 nitrogen and oxygen atoms in total. The molecule has 1 aromatic rings. The van der Waals surface area contributed by atoms with Crippen LogP contribution in [0.2, 0.25) is 0 Å². The third-order valence-corrected chi connectivity index (χ3v) is 3.39. The zero-order chi connectivity index (χ0) is 13.1. The van der Waals surface area contributed by atoms with Gasteiger partial charge in [-0.15, -0.1) is 0 Å². The Balaban J connectivity index is 1.93. The van der Waals surface area contributed by atoms with Crippen LogP contribution in [0.25, 0.3) is 0 Å². The lowest BCUT2D eigenvalue weighted by Gasteiger charge is -2.34. The second-order valence-electron chi connectivity index (χ2n) is 5.17. The number of nitrogens with zero attached hydrogens (tertiary/aromatic N) is 3. The highest BCUT2D eigenvalue weighted by molar-refractivity contribution is 5.37. The van der Waals surface area contributed by atoms with E-state index in [0.29, 0.717) is 6.54 Å². The fraction of sp³-hybridized carbons (Fsp3) is 0.615. The Labute approximate surface area is 108 Å². The van der Waals surface area contributed by atoms with Crippen molar-refractivity contribution in [1.82, 2.24) is 9.88 Å². The van der Waals surface area contributed by atoms with Crippen molar-refractivity contribution in [3.05, 3.63) is 23.9 Å². The summed E-state index contributed by atoms with van der Waals surface area (Å²) in [4.78, 5) is 8.59. The lowest BCUT2D eigenvalue weighted by Crippen LogP contribution is -2.50. The maximum Gasteiger partial charge on any atom is 0.127 e. The Morgan fingerprint density at radius 3 is 2.83 bits per heavy atom. The Bertz CT molecular complexity index is 379. The molecule has 0 bridgehead atoms. The molecule has 1 aliphatic rings. The van der Waals surface area contributed by atoms with E-state index in [4.69, 9.17) is 5.73 Å². The van der Waals surface area contributed by atoms with Crippen LogP contribution in [-0.4, -0.2) is 54.3 Å². The SMILES string of the molecule is CN(C)c1ccc(CN2CC[C@@H](N)[C@H](O)C2)cn1. The number of aliphatic hydroxyl groups excluding tert-OH is 1. The molecule has 0 aliphatic carbocycles. The first-order valence-corrected chi connectivity index (χ1v) is 6.34. The molecule has 2 atom stereocenters. The van der Waals surface area contributed by atoms with Crippen LogP contribution < -0.4 is 10.6 Å². The number of aromatic nitrogens is 1. The van der Waals surface area contributed by atoms with E-state index in [1.54, 1.807) is 0 Å². The first-order chi connectivity index (χ1) is 8.56. The molecule has 5 heteroatoms. The number of β-amino-alcohol motifs (C(OH)–C–C–N with tert-alkyl or cyclic N) is 1. The van der Waals surface area contributed by atoms with Gasteiger partial charge in [-0.25, -0.2) is 4.98 Å². The average molecular weight is 250 g/mol. The monoisotopic (exact) mass is 250 g/mol. The van der Waals surface area contributed by atoms with Gasteiger partial charge in [0.2, 0.25) is 0 Å². The third-order valence-electron chi connectivity index (χ3n) is 3.39. The molecule has 100 valence electrons. The first-order valence-electron chi connectivity index (χ1n) is 6.34. The van der Waals surface area contributed by atoms with E-state index in [9.17, 15) is 5.11 Å². The largest absolute Gasteiger partial charge is 0.390 e. The van der Waals surface area contributed by atoms with Crippen LogP contribution in [0.1, 0.15) is 12.0 Å². The Morgan fingerprint density at radius 1 is 1.50 bits per heavy atom. The maximum absolute atomic E-state index is 9.75. The standard InChI is InChI=1S/C13H22N4O/c1-16(2)13-4-3-10(7-15-13)8-17-6-5-11(14)12(18)9-17/h3-4,7,11-12,18H,5-6,8-9,14H2,1-2H3/t11-,12-/m1/s1. The second kappa shape index (κ2) is 5.65. The predicted molar refractivity (Wildman–Crippen MR) is 72.4 cm³/mol. The molecule has 1 aromatic heterocycles. The quantitative estimate of drug-likeness (QED) is 0.793. The molecule has 1 fully saturated rings. The molecule has 1 aliphatic heterocycles. The molecule has 0 aromatic carbocycles. The molecular weight excluding hydrogens is 228 g/mol. The summed E-state index contributed by atoms with van der Waals surface area (Å²) < 4.78 is 0. The van der Waals surface area contributed by atoms with Crippen LogP contribution in [-0.2, 0) is 6.54 Å². The summed E-state index contributed by atoms with van der Waals surface area (Å²) in [7, 11) is 3.95. The molecule has 18 heavy (non-hydrogen) atoms. The number of aliphatic hydroxyl groups is 1. The van der Waals surface area contributed by atoms with Crippen molar-refractivity contribution in [2.75, 3.05) is 32.1 Å². The van der Waals surface area contributed by atoms with E-state index < -0.39 is 6.10 Å². The minimum atomic E-state index is -0.409.